The van der Waals surface area contributed by atoms with E-state index in [0.717, 1.165) is 14.7 Å². The molecule has 0 unspecified atom stereocenters. The van der Waals surface area contributed by atoms with Crippen LogP contribution in [0.1, 0.15) is 0 Å². The summed E-state index contributed by atoms with van der Waals surface area (Å²) in [5, 5.41) is 0. The molecule has 6 nitrogen and oxygen atoms in total. The number of hydrogen-bond acceptors (Lipinski definition) is 6. The first-order valence-corrected chi connectivity index (χ1v) is 10.7. The Morgan fingerprint density at radius 3 is 0.871 bits per heavy atom. The van der Waals surface area contributed by atoms with E-state index in [0.29, 0.717) is 34.5 Å². The molecule has 0 aliphatic rings. The van der Waals surface area contributed by atoms with Crippen LogP contribution >= 0.6 is 0 Å². The minimum absolute atomic E-state index is 0.488. The van der Waals surface area contributed by atoms with Crippen LogP contribution in [-0.4, -0.2) is 42.7 Å². The summed E-state index contributed by atoms with van der Waals surface area (Å²) in [4.78, 5) is 3.16. The van der Waals surface area contributed by atoms with E-state index in [9.17, 15) is 0 Å². The molecule has 0 aliphatic heterocycles. The van der Waals surface area contributed by atoms with Gasteiger partial charge in [0.05, 0.1) is 53.6 Å². The summed E-state index contributed by atoms with van der Waals surface area (Å²) in [5.41, 5.74) is 0. The van der Waals surface area contributed by atoms with Crippen LogP contribution in [0.5, 0.6) is 34.5 Å². The molecule has 3 aromatic rings. The van der Waals surface area contributed by atoms with Gasteiger partial charge in [0, 0.05) is 18.2 Å². The quantitative estimate of drug-likeness (QED) is 0.442. The second kappa shape index (κ2) is 10.2. The van der Waals surface area contributed by atoms with Crippen molar-refractivity contribution < 1.29 is 28.4 Å². The van der Waals surface area contributed by atoms with E-state index >= 15 is 0 Å². The molecule has 0 saturated heterocycles. The molecular formula is C24H27O6S+. The van der Waals surface area contributed by atoms with Crippen molar-refractivity contribution >= 4 is 10.9 Å². The third-order valence-electron chi connectivity index (χ3n) is 4.77. The summed E-state index contributed by atoms with van der Waals surface area (Å²) >= 11 is 0. The van der Waals surface area contributed by atoms with Crippen LogP contribution in [0.15, 0.2) is 69.3 Å². The van der Waals surface area contributed by atoms with Gasteiger partial charge in [0.1, 0.15) is 0 Å². The van der Waals surface area contributed by atoms with Gasteiger partial charge in [-0.15, -0.1) is 0 Å². The molecule has 0 atom stereocenters. The number of rotatable bonds is 9. The van der Waals surface area contributed by atoms with E-state index < -0.39 is 10.9 Å². The highest BCUT2D eigenvalue weighted by Gasteiger charge is 2.32. The summed E-state index contributed by atoms with van der Waals surface area (Å²) in [6.45, 7) is 0. The van der Waals surface area contributed by atoms with Gasteiger partial charge in [-0.25, -0.2) is 0 Å². The highest BCUT2D eigenvalue weighted by molar-refractivity contribution is 7.97. The van der Waals surface area contributed by atoms with Gasteiger partial charge in [0.2, 0.25) is 0 Å². The predicted molar refractivity (Wildman–Crippen MR) is 121 cm³/mol. The lowest BCUT2D eigenvalue weighted by molar-refractivity contribution is 0.353. The van der Waals surface area contributed by atoms with Crippen molar-refractivity contribution in [3.05, 3.63) is 54.6 Å². The number of benzene rings is 3. The van der Waals surface area contributed by atoms with Crippen LogP contribution in [0.25, 0.3) is 0 Å². The van der Waals surface area contributed by atoms with Crippen LogP contribution in [0.3, 0.4) is 0 Å². The molecule has 3 rings (SSSR count). The maximum atomic E-state index is 5.55. The van der Waals surface area contributed by atoms with Crippen LogP contribution in [0.2, 0.25) is 0 Å². The Balaban J connectivity index is 2.22. The molecule has 0 aliphatic carbocycles. The van der Waals surface area contributed by atoms with Gasteiger partial charge in [0.15, 0.2) is 49.2 Å². The first kappa shape index (κ1) is 22.5. The number of hydrogen-bond donors (Lipinski definition) is 0. The van der Waals surface area contributed by atoms with Crippen molar-refractivity contribution in [2.24, 2.45) is 0 Å². The molecule has 7 heteroatoms. The average molecular weight is 444 g/mol. The zero-order valence-electron chi connectivity index (χ0n) is 18.6. The zero-order valence-corrected chi connectivity index (χ0v) is 19.4. The maximum absolute atomic E-state index is 5.55. The largest absolute Gasteiger partial charge is 0.493 e. The Morgan fingerprint density at radius 1 is 0.387 bits per heavy atom. The Bertz CT molecular complexity index is 905. The average Bonchev–Trinajstić information content (AvgIpc) is 2.83. The van der Waals surface area contributed by atoms with E-state index in [1.54, 1.807) is 42.7 Å². The molecular weight excluding hydrogens is 416 g/mol. The van der Waals surface area contributed by atoms with E-state index in [2.05, 4.69) is 0 Å². The predicted octanol–water partition coefficient (Wildman–Crippen LogP) is 4.83. The van der Waals surface area contributed by atoms with Gasteiger partial charge in [-0.3, -0.25) is 0 Å². The third kappa shape index (κ3) is 4.61. The van der Waals surface area contributed by atoms with Gasteiger partial charge >= 0.3 is 0 Å². The molecule has 0 amide bonds. The van der Waals surface area contributed by atoms with Crippen LogP contribution in [-0.2, 0) is 10.9 Å². The lowest BCUT2D eigenvalue weighted by Gasteiger charge is -2.14. The molecule has 164 valence electrons. The van der Waals surface area contributed by atoms with Gasteiger partial charge in [-0.1, -0.05) is 0 Å². The third-order valence-corrected chi connectivity index (χ3v) is 6.95. The van der Waals surface area contributed by atoms with E-state index in [4.69, 9.17) is 28.4 Å². The lowest BCUT2D eigenvalue weighted by Crippen LogP contribution is -2.07. The van der Waals surface area contributed by atoms with Crippen LogP contribution < -0.4 is 28.4 Å². The molecule has 0 fully saturated rings. The minimum atomic E-state index is -0.488. The topological polar surface area (TPSA) is 55.4 Å². The van der Waals surface area contributed by atoms with Crippen molar-refractivity contribution in [2.75, 3.05) is 42.7 Å². The normalized spacial score (nSPS) is 10.5. The molecule has 0 radical (unpaired) electrons. The first-order valence-electron chi connectivity index (χ1n) is 9.50. The van der Waals surface area contributed by atoms with E-state index in [1.807, 2.05) is 54.6 Å². The van der Waals surface area contributed by atoms with E-state index in [-0.39, 0.29) is 0 Å². The molecule has 0 bridgehead atoms. The summed E-state index contributed by atoms with van der Waals surface area (Å²) in [6.07, 6.45) is 0. The second-order valence-corrected chi connectivity index (χ2v) is 8.38. The first-order chi connectivity index (χ1) is 15.1. The zero-order chi connectivity index (χ0) is 22.4. The summed E-state index contributed by atoms with van der Waals surface area (Å²) in [6, 6.07) is 17.8. The standard InChI is InChI=1S/C24H27O6S/c1-25-19-10-7-16(13-22(19)28-4)31(17-8-11-20(26-2)23(14-17)29-5)18-9-12-21(27-3)24(15-18)30-6/h7-15H,1-6H3/q+1. The van der Waals surface area contributed by atoms with Gasteiger partial charge in [0.25, 0.3) is 0 Å². The smallest absolute Gasteiger partial charge is 0.170 e. The minimum Gasteiger partial charge on any atom is -0.493 e. The van der Waals surface area contributed by atoms with Crippen molar-refractivity contribution in [2.45, 2.75) is 14.7 Å². The summed E-state index contributed by atoms with van der Waals surface area (Å²) in [5.74, 6) is 4.02. The fourth-order valence-corrected chi connectivity index (χ4v) is 5.34. The van der Waals surface area contributed by atoms with Gasteiger partial charge < -0.3 is 28.4 Å². The number of methoxy groups -OCH3 is 6. The molecule has 0 spiro atoms. The summed E-state index contributed by atoms with van der Waals surface area (Å²) in [7, 11) is 9.28. The molecule has 31 heavy (non-hydrogen) atoms. The Morgan fingerprint density at radius 2 is 0.645 bits per heavy atom. The van der Waals surface area contributed by atoms with Crippen LogP contribution in [0, 0.1) is 0 Å². The van der Waals surface area contributed by atoms with Crippen molar-refractivity contribution in [1.29, 1.82) is 0 Å². The van der Waals surface area contributed by atoms with Crippen molar-refractivity contribution in [3.8, 4) is 34.5 Å². The highest BCUT2D eigenvalue weighted by atomic mass is 32.2. The fraction of sp³-hybridized carbons (Fsp3) is 0.250. The summed E-state index contributed by atoms with van der Waals surface area (Å²) < 4.78 is 32.9. The second-order valence-electron chi connectivity index (χ2n) is 6.36. The molecule has 0 aromatic heterocycles. The molecule has 3 aromatic carbocycles. The van der Waals surface area contributed by atoms with Gasteiger partial charge in [-0.2, -0.15) is 0 Å². The SMILES string of the molecule is COc1ccc([S+](c2ccc(OC)c(OC)c2)c2ccc(OC)c(OC)c2)cc1OC. The van der Waals surface area contributed by atoms with Crippen molar-refractivity contribution in [3.63, 3.8) is 0 Å². The monoisotopic (exact) mass is 443 g/mol. The Labute approximate surface area is 186 Å². The number of ether oxygens (including phenoxy) is 6. The Kier molecular flexibility index (Phi) is 7.41. The molecule has 0 heterocycles. The molecule has 0 N–H and O–H groups in total. The fourth-order valence-electron chi connectivity index (χ4n) is 3.24. The highest BCUT2D eigenvalue weighted by Crippen LogP contribution is 2.41. The maximum Gasteiger partial charge on any atom is 0.170 e. The van der Waals surface area contributed by atoms with E-state index in [1.165, 1.54) is 0 Å². The van der Waals surface area contributed by atoms with Gasteiger partial charge in [-0.05, 0) is 36.4 Å². The van der Waals surface area contributed by atoms with Crippen molar-refractivity contribution in [1.82, 2.24) is 0 Å². The molecule has 0 saturated carbocycles. The van der Waals surface area contributed by atoms with Crippen LogP contribution in [0.4, 0.5) is 0 Å². The Hall–Kier alpha value is -3.19. The lowest BCUT2D eigenvalue weighted by atomic mass is 10.3.